The number of hydrogen-bond donors (Lipinski definition) is 4. The number of carbonyl (C=O) groups is 2. The van der Waals surface area contributed by atoms with Crippen molar-refractivity contribution in [3.05, 3.63) is 0 Å². The highest BCUT2D eigenvalue weighted by molar-refractivity contribution is 5.33. The molecule has 306 valence electrons. The molecule has 0 unspecified atom stereocenters. The SMILES string of the molecule is CCCCCCCCCCCCCCCCN(CCCCCCCC1CCCCCCCCCCCCCC1)CCNCCN.O=CO.O=CO. The molecule has 0 spiro atoms. The summed E-state index contributed by atoms with van der Waals surface area (Å²) in [7, 11) is 0. The van der Waals surface area contributed by atoms with Gasteiger partial charge in [-0.1, -0.05) is 212 Å². The van der Waals surface area contributed by atoms with Crippen molar-refractivity contribution in [1.82, 2.24) is 10.2 Å². The molecule has 1 rings (SSSR count). The van der Waals surface area contributed by atoms with Crippen molar-refractivity contribution < 1.29 is 19.8 Å². The van der Waals surface area contributed by atoms with Crippen LogP contribution in [0.4, 0.5) is 0 Å². The molecule has 0 aliphatic heterocycles. The normalized spacial score (nSPS) is 15.1. The van der Waals surface area contributed by atoms with E-state index in [9.17, 15) is 0 Å². The van der Waals surface area contributed by atoms with Crippen LogP contribution in [0.2, 0.25) is 0 Å². The summed E-state index contributed by atoms with van der Waals surface area (Å²) in [5, 5.41) is 17.3. The minimum Gasteiger partial charge on any atom is -0.483 e. The summed E-state index contributed by atoms with van der Waals surface area (Å²) in [6.45, 7) is 8.39. The Morgan fingerprint density at radius 2 is 0.843 bits per heavy atom. The fraction of sp³-hybridized carbons (Fsp3) is 0.955. The zero-order chi connectivity index (χ0) is 37.6. The van der Waals surface area contributed by atoms with Gasteiger partial charge in [0.2, 0.25) is 0 Å². The number of nitrogens with two attached hydrogens (primary N) is 1. The minimum absolute atomic E-state index is 0.250. The Kier molecular flexibility index (Phi) is 49.7. The van der Waals surface area contributed by atoms with Crippen LogP contribution in [0.15, 0.2) is 0 Å². The Bertz CT molecular complexity index is 617. The first kappa shape index (κ1) is 51.9. The maximum atomic E-state index is 8.36. The summed E-state index contributed by atoms with van der Waals surface area (Å²) in [6.07, 6.45) is 49.9. The van der Waals surface area contributed by atoms with E-state index in [1.54, 1.807) is 0 Å². The van der Waals surface area contributed by atoms with Crippen LogP contribution in [-0.4, -0.2) is 67.3 Å². The first-order chi connectivity index (χ1) is 25.2. The summed E-state index contributed by atoms with van der Waals surface area (Å²) in [6, 6.07) is 0. The molecule has 0 bridgehead atoms. The van der Waals surface area contributed by atoms with Gasteiger partial charge in [0.05, 0.1) is 0 Å². The molecule has 1 fully saturated rings. The molecule has 51 heavy (non-hydrogen) atoms. The van der Waals surface area contributed by atoms with Gasteiger partial charge in [0.25, 0.3) is 12.9 Å². The van der Waals surface area contributed by atoms with Crippen LogP contribution >= 0.6 is 0 Å². The van der Waals surface area contributed by atoms with Gasteiger partial charge in [-0.15, -0.1) is 0 Å². The maximum Gasteiger partial charge on any atom is 0.290 e. The van der Waals surface area contributed by atoms with E-state index in [1.807, 2.05) is 0 Å². The molecule has 1 aliphatic rings. The van der Waals surface area contributed by atoms with E-state index in [1.165, 1.54) is 238 Å². The van der Waals surface area contributed by atoms with Gasteiger partial charge in [0.1, 0.15) is 0 Å². The summed E-state index contributed by atoms with van der Waals surface area (Å²) >= 11 is 0. The molecule has 0 atom stereocenters. The average molecular weight is 726 g/mol. The van der Waals surface area contributed by atoms with E-state index in [0.717, 1.165) is 25.6 Å². The Balaban J connectivity index is 0. The first-order valence-electron chi connectivity index (χ1n) is 22.5. The van der Waals surface area contributed by atoms with Crippen molar-refractivity contribution in [2.75, 3.05) is 39.3 Å². The van der Waals surface area contributed by atoms with Crippen molar-refractivity contribution >= 4 is 12.9 Å². The second-order valence-electron chi connectivity index (χ2n) is 15.4. The Labute approximate surface area is 318 Å². The third-order valence-corrected chi connectivity index (χ3v) is 10.8. The van der Waals surface area contributed by atoms with Crippen LogP contribution in [0, 0.1) is 5.92 Å². The lowest BCUT2D eigenvalue weighted by Crippen LogP contribution is -2.35. The molecule has 0 aromatic heterocycles. The zero-order valence-corrected chi connectivity index (χ0v) is 34.3. The van der Waals surface area contributed by atoms with Gasteiger partial charge in [-0.2, -0.15) is 0 Å². The van der Waals surface area contributed by atoms with E-state index >= 15 is 0 Å². The standard InChI is InChI=1S/C42H87N3.2CH2O2/c1-2-3-4-5-6-7-8-9-12-15-18-21-26-31-39-45(41-38-44-37-36-43)40-32-27-22-25-30-35-42-33-28-23-19-16-13-10-11-14-17-20-24-29-34-42;2*2-1-3/h42,44H,2-41,43H2,1H3;2*1H,(H,2,3). The molecule has 0 saturated heterocycles. The minimum atomic E-state index is -0.250. The molecule has 5 N–H and O–H groups in total. The van der Waals surface area contributed by atoms with E-state index in [2.05, 4.69) is 17.1 Å². The predicted molar refractivity (Wildman–Crippen MR) is 222 cm³/mol. The number of rotatable bonds is 28. The smallest absolute Gasteiger partial charge is 0.290 e. The molecular formula is C44H91N3O4. The van der Waals surface area contributed by atoms with Gasteiger partial charge in [-0.3, -0.25) is 9.59 Å². The lowest BCUT2D eigenvalue weighted by molar-refractivity contribution is -0.123. The van der Waals surface area contributed by atoms with Crippen LogP contribution in [0.25, 0.3) is 0 Å². The summed E-state index contributed by atoms with van der Waals surface area (Å²) in [4.78, 5) is 19.5. The van der Waals surface area contributed by atoms with Gasteiger partial charge in [-0.05, 0) is 31.8 Å². The van der Waals surface area contributed by atoms with Crippen molar-refractivity contribution in [2.45, 2.75) is 225 Å². The molecule has 1 aliphatic carbocycles. The van der Waals surface area contributed by atoms with Gasteiger partial charge in [0, 0.05) is 26.2 Å². The van der Waals surface area contributed by atoms with Gasteiger partial charge < -0.3 is 26.2 Å². The van der Waals surface area contributed by atoms with Gasteiger partial charge in [0.15, 0.2) is 0 Å². The van der Waals surface area contributed by atoms with Gasteiger partial charge in [-0.25, -0.2) is 0 Å². The molecule has 0 aromatic rings. The van der Waals surface area contributed by atoms with Crippen LogP contribution in [0.3, 0.4) is 0 Å². The number of nitrogens with zero attached hydrogens (tertiary/aromatic N) is 1. The fourth-order valence-electron chi connectivity index (χ4n) is 7.70. The van der Waals surface area contributed by atoms with Crippen LogP contribution in [0.5, 0.6) is 0 Å². The monoisotopic (exact) mass is 726 g/mol. The molecular weight excluding hydrogens is 635 g/mol. The molecule has 0 amide bonds. The molecule has 7 heteroatoms. The molecule has 0 aromatic carbocycles. The van der Waals surface area contributed by atoms with E-state index in [4.69, 9.17) is 25.5 Å². The lowest BCUT2D eigenvalue weighted by atomic mass is 9.89. The highest BCUT2D eigenvalue weighted by Crippen LogP contribution is 2.25. The number of unbranched alkanes of at least 4 members (excludes halogenated alkanes) is 17. The highest BCUT2D eigenvalue weighted by atomic mass is 16.3. The Morgan fingerprint density at radius 3 is 1.22 bits per heavy atom. The summed E-state index contributed by atoms with van der Waals surface area (Å²) < 4.78 is 0. The summed E-state index contributed by atoms with van der Waals surface area (Å²) in [5.74, 6) is 1.02. The molecule has 7 nitrogen and oxygen atoms in total. The van der Waals surface area contributed by atoms with Crippen LogP contribution < -0.4 is 11.1 Å². The average Bonchev–Trinajstić information content (AvgIpc) is 3.14. The van der Waals surface area contributed by atoms with Crippen molar-refractivity contribution in [3.8, 4) is 0 Å². The van der Waals surface area contributed by atoms with Crippen molar-refractivity contribution in [3.63, 3.8) is 0 Å². The topological polar surface area (TPSA) is 116 Å². The van der Waals surface area contributed by atoms with Crippen LogP contribution in [-0.2, 0) is 9.59 Å². The van der Waals surface area contributed by atoms with E-state index < -0.39 is 0 Å². The lowest BCUT2D eigenvalue weighted by Gasteiger charge is -2.22. The Hall–Kier alpha value is -1.18. The largest absolute Gasteiger partial charge is 0.483 e. The third kappa shape index (κ3) is 46.8. The van der Waals surface area contributed by atoms with E-state index in [0.29, 0.717) is 0 Å². The maximum absolute atomic E-state index is 8.36. The van der Waals surface area contributed by atoms with Crippen LogP contribution in [0.1, 0.15) is 225 Å². The van der Waals surface area contributed by atoms with Crippen molar-refractivity contribution in [2.24, 2.45) is 11.7 Å². The van der Waals surface area contributed by atoms with Gasteiger partial charge >= 0.3 is 0 Å². The fourth-order valence-corrected chi connectivity index (χ4v) is 7.70. The first-order valence-corrected chi connectivity index (χ1v) is 22.5. The summed E-state index contributed by atoms with van der Waals surface area (Å²) in [5.41, 5.74) is 5.70. The molecule has 1 saturated carbocycles. The number of nitrogens with one attached hydrogen (secondary N) is 1. The number of hydrogen-bond acceptors (Lipinski definition) is 5. The molecule has 0 radical (unpaired) electrons. The second kappa shape index (κ2) is 48.8. The third-order valence-electron chi connectivity index (χ3n) is 10.8. The molecule has 0 heterocycles. The second-order valence-corrected chi connectivity index (χ2v) is 15.4. The number of carboxylic acid groups (broad SMARTS) is 2. The van der Waals surface area contributed by atoms with Crippen molar-refractivity contribution in [1.29, 1.82) is 0 Å². The Morgan fingerprint density at radius 1 is 0.510 bits per heavy atom. The predicted octanol–water partition coefficient (Wildman–Crippen LogP) is 12.2. The zero-order valence-electron chi connectivity index (χ0n) is 34.3. The van der Waals surface area contributed by atoms with E-state index in [-0.39, 0.29) is 12.9 Å². The quantitative estimate of drug-likeness (QED) is 0.0468. The highest BCUT2D eigenvalue weighted by Gasteiger charge is 2.10.